The first kappa shape index (κ1) is 24.1. The number of fused-ring (bicyclic) bond motifs is 5. The SMILES string of the molecule is CC(=O)OC1CCC2(C)C3CCC4(C)C([C@H](C)CC(=O)O)CC[C@@]4(C)C3CCC2C1(C)C. The van der Waals surface area contributed by atoms with Crippen LogP contribution in [0.1, 0.15) is 106 Å². The molecule has 182 valence electrons. The molecule has 0 saturated heterocycles. The molecule has 0 radical (unpaired) electrons. The Labute approximate surface area is 195 Å². The molecule has 7 unspecified atom stereocenters. The van der Waals surface area contributed by atoms with Crippen LogP contribution in [0.3, 0.4) is 0 Å². The molecular formula is C28H46O4. The summed E-state index contributed by atoms with van der Waals surface area (Å²) in [5, 5.41) is 9.43. The monoisotopic (exact) mass is 446 g/mol. The molecule has 4 nitrogen and oxygen atoms in total. The van der Waals surface area contributed by atoms with Crippen LogP contribution in [0.5, 0.6) is 0 Å². The van der Waals surface area contributed by atoms with Crippen molar-refractivity contribution in [1.29, 1.82) is 0 Å². The molecule has 0 spiro atoms. The first-order valence-corrected chi connectivity index (χ1v) is 13.2. The zero-order valence-electron chi connectivity index (χ0n) is 21.5. The molecule has 0 aliphatic heterocycles. The maximum absolute atomic E-state index is 11.8. The van der Waals surface area contributed by atoms with Gasteiger partial charge in [0.1, 0.15) is 6.10 Å². The number of ether oxygens (including phenoxy) is 1. The molecule has 4 aliphatic carbocycles. The molecule has 0 aromatic heterocycles. The van der Waals surface area contributed by atoms with E-state index >= 15 is 0 Å². The van der Waals surface area contributed by atoms with Crippen molar-refractivity contribution in [3.8, 4) is 0 Å². The van der Waals surface area contributed by atoms with Gasteiger partial charge in [-0.3, -0.25) is 9.59 Å². The topological polar surface area (TPSA) is 63.6 Å². The Balaban J connectivity index is 1.61. The minimum atomic E-state index is -0.650. The fourth-order valence-electron chi connectivity index (χ4n) is 10.3. The summed E-state index contributed by atoms with van der Waals surface area (Å²) < 4.78 is 5.83. The Morgan fingerprint density at radius 3 is 2.19 bits per heavy atom. The molecule has 0 amide bonds. The number of hydrogen-bond donors (Lipinski definition) is 1. The summed E-state index contributed by atoms with van der Waals surface area (Å²) >= 11 is 0. The van der Waals surface area contributed by atoms with E-state index in [1.165, 1.54) is 38.5 Å². The molecule has 0 aromatic carbocycles. The maximum atomic E-state index is 11.8. The van der Waals surface area contributed by atoms with Gasteiger partial charge < -0.3 is 9.84 Å². The van der Waals surface area contributed by atoms with Crippen LogP contribution in [-0.2, 0) is 14.3 Å². The number of carbonyl (C=O) groups excluding carboxylic acids is 1. The first-order valence-electron chi connectivity index (χ1n) is 13.2. The summed E-state index contributed by atoms with van der Waals surface area (Å²) in [5.41, 5.74) is 0.868. The third-order valence-corrected chi connectivity index (χ3v) is 12.0. The van der Waals surface area contributed by atoms with Crippen LogP contribution >= 0.6 is 0 Å². The molecule has 32 heavy (non-hydrogen) atoms. The molecule has 1 N–H and O–H groups in total. The third-order valence-electron chi connectivity index (χ3n) is 12.0. The van der Waals surface area contributed by atoms with Gasteiger partial charge in [0.05, 0.1) is 0 Å². The van der Waals surface area contributed by atoms with Crippen LogP contribution in [0.25, 0.3) is 0 Å². The molecule has 0 heterocycles. The third kappa shape index (κ3) is 3.28. The van der Waals surface area contributed by atoms with Crippen LogP contribution in [0, 0.1) is 51.2 Å². The van der Waals surface area contributed by atoms with Gasteiger partial charge in [0.15, 0.2) is 0 Å². The fourth-order valence-corrected chi connectivity index (χ4v) is 10.3. The van der Waals surface area contributed by atoms with Gasteiger partial charge in [-0.05, 0) is 97.2 Å². The minimum absolute atomic E-state index is 0.0134. The molecule has 4 fully saturated rings. The lowest BCUT2D eigenvalue weighted by Crippen LogP contribution is -2.62. The average molecular weight is 447 g/mol. The van der Waals surface area contributed by atoms with Crippen molar-refractivity contribution in [3.05, 3.63) is 0 Å². The highest BCUT2D eigenvalue weighted by atomic mass is 16.5. The summed E-state index contributed by atoms with van der Waals surface area (Å²) in [5.74, 6) is 2.02. The summed E-state index contributed by atoms with van der Waals surface area (Å²) in [6, 6.07) is 0. The zero-order valence-corrected chi connectivity index (χ0v) is 21.5. The Morgan fingerprint density at radius 1 is 0.906 bits per heavy atom. The van der Waals surface area contributed by atoms with Gasteiger partial charge in [0.2, 0.25) is 0 Å². The quantitative estimate of drug-likeness (QED) is 0.487. The first-order chi connectivity index (χ1) is 14.8. The molecule has 4 aliphatic rings. The molecule has 0 aromatic rings. The van der Waals surface area contributed by atoms with E-state index in [0.29, 0.717) is 29.1 Å². The molecular weight excluding hydrogens is 400 g/mol. The van der Waals surface area contributed by atoms with E-state index < -0.39 is 5.97 Å². The normalized spacial score (nSPS) is 48.2. The van der Waals surface area contributed by atoms with Crippen LogP contribution in [0.4, 0.5) is 0 Å². The van der Waals surface area contributed by atoms with Gasteiger partial charge in [0.25, 0.3) is 0 Å². The number of aliphatic carboxylic acids is 1. The van der Waals surface area contributed by atoms with Crippen LogP contribution in [-0.4, -0.2) is 23.1 Å². The smallest absolute Gasteiger partial charge is 0.303 e. The summed E-state index contributed by atoms with van der Waals surface area (Å²) in [6.07, 6.45) is 9.91. The highest BCUT2D eigenvalue weighted by molar-refractivity contribution is 5.67. The van der Waals surface area contributed by atoms with Gasteiger partial charge in [-0.1, -0.05) is 41.5 Å². The van der Waals surface area contributed by atoms with Crippen LogP contribution < -0.4 is 0 Å². The van der Waals surface area contributed by atoms with E-state index in [1.54, 1.807) is 6.92 Å². The van der Waals surface area contributed by atoms with E-state index in [1.807, 2.05) is 0 Å². The van der Waals surface area contributed by atoms with Gasteiger partial charge in [0, 0.05) is 18.8 Å². The second-order valence-corrected chi connectivity index (χ2v) is 13.4. The Morgan fingerprint density at radius 2 is 1.56 bits per heavy atom. The number of esters is 1. The second-order valence-electron chi connectivity index (χ2n) is 13.4. The fraction of sp³-hybridized carbons (Fsp3) is 0.929. The van der Waals surface area contributed by atoms with E-state index in [9.17, 15) is 14.7 Å². The summed E-state index contributed by atoms with van der Waals surface area (Å²) in [7, 11) is 0. The van der Waals surface area contributed by atoms with Gasteiger partial charge in [-0.15, -0.1) is 0 Å². The standard InChI is InChI=1S/C28H46O4/c1-17(16-24(30)31)19-10-14-28(7)21-8-9-22-25(3,4)23(32-18(2)29)12-13-26(22,5)20(21)11-15-27(19,28)6/h17,19-23H,8-16H2,1-7H3,(H,30,31)/t17-,19?,20?,21?,22?,23?,26?,27?,28+/m1/s1. The lowest BCUT2D eigenvalue weighted by atomic mass is 9.38. The van der Waals surface area contributed by atoms with E-state index in [2.05, 4.69) is 41.5 Å². The molecule has 4 heteroatoms. The largest absolute Gasteiger partial charge is 0.481 e. The van der Waals surface area contributed by atoms with Crippen molar-refractivity contribution >= 4 is 11.9 Å². The predicted octanol–water partition coefficient (Wildman–Crippen LogP) is 6.71. The lowest BCUT2D eigenvalue weighted by Gasteiger charge is -2.67. The Kier molecular flexibility index (Phi) is 5.82. The molecule has 4 rings (SSSR count). The van der Waals surface area contributed by atoms with E-state index in [-0.39, 0.29) is 28.8 Å². The van der Waals surface area contributed by atoms with E-state index in [4.69, 9.17) is 4.74 Å². The second kappa shape index (κ2) is 7.73. The van der Waals surface area contributed by atoms with Gasteiger partial charge in [-0.25, -0.2) is 0 Å². The molecule has 0 bridgehead atoms. The predicted molar refractivity (Wildman–Crippen MR) is 126 cm³/mol. The summed E-state index contributed by atoms with van der Waals surface area (Å²) in [4.78, 5) is 23.2. The summed E-state index contributed by atoms with van der Waals surface area (Å²) in [6.45, 7) is 16.1. The van der Waals surface area contributed by atoms with Crippen molar-refractivity contribution < 1.29 is 19.4 Å². The Hall–Kier alpha value is -1.06. The molecule has 9 atom stereocenters. The number of carboxylic acid groups (broad SMARTS) is 1. The van der Waals surface area contributed by atoms with Gasteiger partial charge >= 0.3 is 11.9 Å². The highest BCUT2D eigenvalue weighted by Crippen LogP contribution is 2.74. The van der Waals surface area contributed by atoms with Crippen LogP contribution in [0.15, 0.2) is 0 Å². The molecule has 4 saturated carbocycles. The number of carboxylic acids is 1. The minimum Gasteiger partial charge on any atom is -0.481 e. The van der Waals surface area contributed by atoms with Crippen molar-refractivity contribution in [3.63, 3.8) is 0 Å². The van der Waals surface area contributed by atoms with Crippen molar-refractivity contribution in [2.24, 2.45) is 51.2 Å². The highest BCUT2D eigenvalue weighted by Gasteiger charge is 2.67. The number of hydrogen-bond acceptors (Lipinski definition) is 3. The van der Waals surface area contributed by atoms with Crippen LogP contribution in [0.2, 0.25) is 0 Å². The number of carbonyl (C=O) groups is 2. The number of rotatable bonds is 4. The average Bonchev–Trinajstić information content (AvgIpc) is 2.95. The lowest BCUT2D eigenvalue weighted by molar-refractivity contribution is -0.209. The van der Waals surface area contributed by atoms with E-state index in [0.717, 1.165) is 24.7 Å². The Bertz CT molecular complexity index is 773. The maximum Gasteiger partial charge on any atom is 0.303 e. The zero-order chi connectivity index (χ0) is 23.7. The van der Waals surface area contributed by atoms with Crippen molar-refractivity contribution in [1.82, 2.24) is 0 Å². The van der Waals surface area contributed by atoms with Gasteiger partial charge in [-0.2, -0.15) is 0 Å². The van der Waals surface area contributed by atoms with Crippen molar-refractivity contribution in [2.45, 2.75) is 112 Å². The van der Waals surface area contributed by atoms with Crippen molar-refractivity contribution in [2.75, 3.05) is 0 Å².